The van der Waals surface area contributed by atoms with Crippen molar-refractivity contribution in [3.05, 3.63) is 28.8 Å². The summed E-state index contributed by atoms with van der Waals surface area (Å²) in [4.78, 5) is 11.4. The summed E-state index contributed by atoms with van der Waals surface area (Å²) in [6.45, 7) is 3.70. The molecule has 86 valence electrons. The van der Waals surface area contributed by atoms with Gasteiger partial charge < -0.3 is 10.2 Å². The van der Waals surface area contributed by atoms with Crippen LogP contribution in [0.25, 0.3) is 0 Å². The Bertz CT molecular complexity index is 445. The van der Waals surface area contributed by atoms with E-state index in [-0.39, 0.29) is 5.75 Å². The van der Waals surface area contributed by atoms with Crippen LogP contribution in [0.4, 0.5) is 0 Å². The zero-order valence-electron chi connectivity index (χ0n) is 9.58. The third-order valence-electron chi connectivity index (χ3n) is 3.89. The molecular formula is C13H16O3. The second kappa shape index (κ2) is 3.51. The molecule has 3 nitrogen and oxygen atoms in total. The third kappa shape index (κ3) is 1.31. The zero-order chi connectivity index (χ0) is 11.9. The average Bonchev–Trinajstić information content (AvgIpc) is 2.16. The number of phenolic OH excluding ortho intramolecular Hbond substituents is 1. The van der Waals surface area contributed by atoms with Crippen LogP contribution in [0.5, 0.6) is 5.75 Å². The van der Waals surface area contributed by atoms with Gasteiger partial charge in [0.15, 0.2) is 0 Å². The van der Waals surface area contributed by atoms with Crippen LogP contribution in [0.15, 0.2) is 12.1 Å². The molecule has 16 heavy (non-hydrogen) atoms. The lowest BCUT2D eigenvalue weighted by Crippen LogP contribution is -2.43. The van der Waals surface area contributed by atoms with Gasteiger partial charge in [0.25, 0.3) is 0 Å². The van der Waals surface area contributed by atoms with E-state index in [1.165, 1.54) is 0 Å². The van der Waals surface area contributed by atoms with Crippen molar-refractivity contribution in [1.82, 2.24) is 0 Å². The molecule has 1 aliphatic rings. The van der Waals surface area contributed by atoms with E-state index < -0.39 is 11.4 Å². The van der Waals surface area contributed by atoms with Crippen molar-refractivity contribution in [3.63, 3.8) is 0 Å². The number of hydrogen-bond acceptors (Lipinski definition) is 2. The smallest absolute Gasteiger partial charge is 0.314 e. The molecule has 0 amide bonds. The van der Waals surface area contributed by atoms with Gasteiger partial charge in [0.05, 0.1) is 5.41 Å². The molecule has 1 aromatic carbocycles. The minimum atomic E-state index is -0.744. The van der Waals surface area contributed by atoms with E-state index in [1.807, 2.05) is 13.8 Å². The molecule has 2 rings (SSSR count). The van der Waals surface area contributed by atoms with E-state index in [0.29, 0.717) is 12.8 Å². The SMILES string of the molecule is Cc1c(O)ccc(C2(C(=O)O)CCC2)c1C. The van der Waals surface area contributed by atoms with Crippen LogP contribution in [0.3, 0.4) is 0 Å². The fraction of sp³-hybridized carbons (Fsp3) is 0.462. The van der Waals surface area contributed by atoms with Crippen LogP contribution in [-0.2, 0) is 10.2 Å². The molecule has 0 bridgehead atoms. The van der Waals surface area contributed by atoms with Gasteiger partial charge in [0.2, 0.25) is 0 Å². The van der Waals surface area contributed by atoms with Gasteiger partial charge >= 0.3 is 5.97 Å². The standard InChI is InChI=1S/C13H16O3/c1-8-9(2)11(14)5-4-10(8)13(12(15)16)6-3-7-13/h4-5,14H,3,6-7H2,1-2H3,(H,15,16). The number of hydrogen-bond donors (Lipinski definition) is 2. The number of benzene rings is 1. The van der Waals surface area contributed by atoms with Crippen LogP contribution in [0.1, 0.15) is 36.0 Å². The van der Waals surface area contributed by atoms with Crippen LogP contribution in [-0.4, -0.2) is 16.2 Å². The lowest BCUT2D eigenvalue weighted by Gasteiger charge is -2.39. The summed E-state index contributed by atoms with van der Waals surface area (Å²) in [6, 6.07) is 3.35. The highest BCUT2D eigenvalue weighted by Crippen LogP contribution is 2.46. The number of aliphatic carboxylic acids is 1. The molecule has 3 heteroatoms. The van der Waals surface area contributed by atoms with Crippen LogP contribution >= 0.6 is 0 Å². The Balaban J connectivity index is 2.56. The highest BCUT2D eigenvalue weighted by molar-refractivity contribution is 5.83. The van der Waals surface area contributed by atoms with Crippen molar-refractivity contribution in [1.29, 1.82) is 0 Å². The summed E-state index contributed by atoms with van der Waals surface area (Å²) in [5.74, 6) is -0.506. The molecule has 0 spiro atoms. The van der Waals surface area contributed by atoms with Crippen molar-refractivity contribution < 1.29 is 15.0 Å². The number of aromatic hydroxyl groups is 1. The van der Waals surface area contributed by atoms with Crippen LogP contribution < -0.4 is 0 Å². The predicted octanol–water partition coefficient (Wildman–Crippen LogP) is 2.52. The zero-order valence-corrected chi connectivity index (χ0v) is 9.58. The summed E-state index contributed by atoms with van der Waals surface area (Å²) in [6.07, 6.45) is 2.37. The Kier molecular flexibility index (Phi) is 2.41. The lowest BCUT2D eigenvalue weighted by molar-refractivity contribution is -0.147. The van der Waals surface area contributed by atoms with Crippen molar-refractivity contribution in [2.75, 3.05) is 0 Å². The van der Waals surface area contributed by atoms with E-state index in [1.54, 1.807) is 12.1 Å². The molecule has 0 unspecified atom stereocenters. The Labute approximate surface area is 94.7 Å². The van der Waals surface area contributed by atoms with Crippen molar-refractivity contribution in [2.45, 2.75) is 38.5 Å². The molecule has 0 radical (unpaired) electrons. The first kappa shape index (κ1) is 11.0. The molecule has 1 aromatic rings. The topological polar surface area (TPSA) is 57.5 Å². The predicted molar refractivity (Wildman–Crippen MR) is 60.7 cm³/mol. The summed E-state index contributed by atoms with van der Waals surface area (Å²) in [5, 5.41) is 18.9. The molecule has 1 fully saturated rings. The highest BCUT2D eigenvalue weighted by Gasteiger charge is 2.46. The Hall–Kier alpha value is -1.51. The molecule has 0 heterocycles. The van der Waals surface area contributed by atoms with Crippen molar-refractivity contribution in [2.24, 2.45) is 0 Å². The molecular weight excluding hydrogens is 204 g/mol. The van der Waals surface area contributed by atoms with Gasteiger partial charge in [-0.05, 0) is 49.4 Å². The average molecular weight is 220 g/mol. The molecule has 0 aliphatic heterocycles. The summed E-state index contributed by atoms with van der Waals surface area (Å²) >= 11 is 0. The minimum absolute atomic E-state index is 0.237. The molecule has 0 aromatic heterocycles. The largest absolute Gasteiger partial charge is 0.508 e. The Morgan fingerprint density at radius 3 is 2.31 bits per heavy atom. The van der Waals surface area contributed by atoms with E-state index in [0.717, 1.165) is 23.1 Å². The van der Waals surface area contributed by atoms with Crippen LogP contribution in [0.2, 0.25) is 0 Å². The van der Waals surface area contributed by atoms with E-state index in [9.17, 15) is 15.0 Å². The Morgan fingerprint density at radius 1 is 1.25 bits per heavy atom. The van der Waals surface area contributed by atoms with Gasteiger partial charge in [-0.25, -0.2) is 0 Å². The van der Waals surface area contributed by atoms with Gasteiger partial charge in [-0.15, -0.1) is 0 Å². The number of carboxylic acids is 1. The summed E-state index contributed by atoms with van der Waals surface area (Å²) in [7, 11) is 0. The molecule has 2 N–H and O–H groups in total. The number of carbonyl (C=O) groups is 1. The van der Waals surface area contributed by atoms with Gasteiger partial charge in [-0.1, -0.05) is 12.5 Å². The lowest BCUT2D eigenvalue weighted by atomic mass is 9.63. The second-order valence-corrected chi connectivity index (χ2v) is 4.62. The minimum Gasteiger partial charge on any atom is -0.508 e. The quantitative estimate of drug-likeness (QED) is 0.805. The van der Waals surface area contributed by atoms with Gasteiger partial charge in [-0.3, -0.25) is 4.79 Å². The third-order valence-corrected chi connectivity index (χ3v) is 3.89. The first-order valence-corrected chi connectivity index (χ1v) is 5.52. The van der Waals surface area contributed by atoms with Gasteiger partial charge in [0.1, 0.15) is 5.75 Å². The first-order chi connectivity index (χ1) is 7.49. The molecule has 1 aliphatic carbocycles. The summed E-state index contributed by atoms with van der Waals surface area (Å²) < 4.78 is 0. The normalized spacial score (nSPS) is 17.9. The Morgan fingerprint density at radius 2 is 1.88 bits per heavy atom. The van der Waals surface area contributed by atoms with E-state index in [4.69, 9.17) is 0 Å². The molecule has 0 atom stereocenters. The van der Waals surface area contributed by atoms with E-state index >= 15 is 0 Å². The maximum atomic E-state index is 11.4. The summed E-state index contributed by atoms with van der Waals surface area (Å²) in [5.41, 5.74) is 1.84. The van der Waals surface area contributed by atoms with Gasteiger partial charge in [-0.2, -0.15) is 0 Å². The fourth-order valence-electron chi connectivity index (χ4n) is 2.45. The molecule has 1 saturated carbocycles. The van der Waals surface area contributed by atoms with Crippen LogP contribution in [0, 0.1) is 13.8 Å². The second-order valence-electron chi connectivity index (χ2n) is 4.62. The fourth-order valence-corrected chi connectivity index (χ4v) is 2.45. The monoisotopic (exact) mass is 220 g/mol. The van der Waals surface area contributed by atoms with Gasteiger partial charge in [0, 0.05) is 0 Å². The molecule has 0 saturated heterocycles. The highest BCUT2D eigenvalue weighted by atomic mass is 16.4. The maximum absolute atomic E-state index is 11.4. The van der Waals surface area contributed by atoms with Crippen molar-refractivity contribution >= 4 is 5.97 Å². The number of phenols is 1. The van der Waals surface area contributed by atoms with E-state index in [2.05, 4.69) is 0 Å². The number of rotatable bonds is 2. The maximum Gasteiger partial charge on any atom is 0.314 e. The first-order valence-electron chi connectivity index (χ1n) is 5.52. The van der Waals surface area contributed by atoms with Crippen molar-refractivity contribution in [3.8, 4) is 5.75 Å². The number of carboxylic acid groups (broad SMARTS) is 1.